The number of hydrogen-bond donors (Lipinski definition) is 3. The summed E-state index contributed by atoms with van der Waals surface area (Å²) in [5.41, 5.74) is 2.76. The fourth-order valence-corrected chi connectivity index (χ4v) is 4.29. The van der Waals surface area contributed by atoms with Gasteiger partial charge in [0.05, 0.1) is 21.3 Å². The third-order valence-corrected chi connectivity index (χ3v) is 6.14. The Hall–Kier alpha value is -3.29. The number of carbonyl (C=O) groups excluding carboxylic acids is 2. The van der Waals surface area contributed by atoms with Crippen LogP contribution in [-0.2, 0) is 6.54 Å². The highest BCUT2D eigenvalue weighted by Crippen LogP contribution is 2.31. The number of hydrogen-bond acceptors (Lipinski definition) is 3. The van der Waals surface area contributed by atoms with E-state index in [-0.39, 0.29) is 18.3 Å². The van der Waals surface area contributed by atoms with E-state index in [1.165, 1.54) is 12.1 Å². The molecule has 0 bridgehead atoms. The summed E-state index contributed by atoms with van der Waals surface area (Å²) in [6.07, 6.45) is 2.11. The Morgan fingerprint density at radius 3 is 2.26 bits per heavy atom. The van der Waals surface area contributed by atoms with Crippen molar-refractivity contribution in [3.05, 3.63) is 87.7 Å². The number of nitrogens with one attached hydrogen (secondary N) is 3. The lowest BCUT2D eigenvalue weighted by Crippen LogP contribution is -2.27. The van der Waals surface area contributed by atoms with Gasteiger partial charge in [-0.05, 0) is 60.9 Å². The molecule has 6 nitrogen and oxygen atoms in total. The maximum atomic E-state index is 13.2. The van der Waals surface area contributed by atoms with Crippen LogP contribution in [-0.4, -0.2) is 25.0 Å². The Balaban J connectivity index is 1.52. The highest BCUT2D eigenvalue weighted by Gasteiger charge is 2.21. The van der Waals surface area contributed by atoms with E-state index in [0.717, 1.165) is 37.2 Å². The third-order valence-electron chi connectivity index (χ3n) is 5.51. The fourth-order valence-electron chi connectivity index (χ4n) is 3.80. The molecule has 3 amide bonds. The van der Waals surface area contributed by atoms with Crippen molar-refractivity contribution in [2.24, 2.45) is 0 Å². The Bertz CT molecular complexity index is 1180. The molecule has 0 aliphatic carbocycles. The van der Waals surface area contributed by atoms with Gasteiger partial charge in [-0.2, -0.15) is 0 Å². The van der Waals surface area contributed by atoms with Crippen molar-refractivity contribution in [2.45, 2.75) is 19.4 Å². The van der Waals surface area contributed by atoms with Crippen molar-refractivity contribution >= 4 is 52.2 Å². The lowest BCUT2D eigenvalue weighted by molar-refractivity contribution is 0.0951. The topological polar surface area (TPSA) is 73.5 Å². The Morgan fingerprint density at radius 1 is 0.912 bits per heavy atom. The summed E-state index contributed by atoms with van der Waals surface area (Å²) in [7, 11) is 0. The molecule has 34 heavy (non-hydrogen) atoms. The zero-order valence-corrected chi connectivity index (χ0v) is 19.7. The molecule has 0 unspecified atom stereocenters. The van der Waals surface area contributed by atoms with E-state index in [1.54, 1.807) is 42.5 Å². The largest absolute Gasteiger partial charge is 0.371 e. The molecule has 176 valence electrons. The van der Waals surface area contributed by atoms with Crippen LogP contribution in [0.4, 0.5) is 26.2 Å². The van der Waals surface area contributed by atoms with Gasteiger partial charge in [0.1, 0.15) is 5.82 Å². The number of urea groups is 1. The van der Waals surface area contributed by atoms with E-state index in [2.05, 4.69) is 20.9 Å². The molecule has 0 saturated carbocycles. The number of carbonyl (C=O) groups is 2. The quantitative estimate of drug-likeness (QED) is 0.371. The minimum Gasteiger partial charge on any atom is -0.371 e. The lowest BCUT2D eigenvalue weighted by Gasteiger charge is -2.22. The van der Waals surface area contributed by atoms with Gasteiger partial charge < -0.3 is 20.9 Å². The number of nitrogens with zero attached hydrogens (tertiary/aromatic N) is 1. The summed E-state index contributed by atoms with van der Waals surface area (Å²) in [4.78, 5) is 27.8. The van der Waals surface area contributed by atoms with Gasteiger partial charge in [0.2, 0.25) is 0 Å². The molecule has 1 fully saturated rings. The number of para-hydroxylation sites is 1. The molecule has 1 aliphatic rings. The summed E-state index contributed by atoms with van der Waals surface area (Å²) in [5, 5.41) is 8.88. The van der Waals surface area contributed by atoms with Crippen LogP contribution in [0.1, 0.15) is 28.8 Å². The summed E-state index contributed by atoms with van der Waals surface area (Å²) in [6, 6.07) is 15.6. The number of benzene rings is 3. The second kappa shape index (κ2) is 10.8. The first kappa shape index (κ1) is 23.9. The fraction of sp³-hybridized carbons (Fsp3) is 0.200. The average molecular weight is 501 g/mol. The molecule has 1 heterocycles. The van der Waals surface area contributed by atoms with Crippen LogP contribution < -0.4 is 20.9 Å². The molecule has 1 saturated heterocycles. The first-order valence-electron chi connectivity index (χ1n) is 10.8. The predicted octanol–water partition coefficient (Wildman–Crippen LogP) is 6.31. The molecule has 0 atom stereocenters. The first-order valence-corrected chi connectivity index (χ1v) is 11.6. The molecule has 0 spiro atoms. The smallest absolute Gasteiger partial charge is 0.323 e. The van der Waals surface area contributed by atoms with Gasteiger partial charge in [-0.1, -0.05) is 41.4 Å². The van der Waals surface area contributed by atoms with E-state index in [4.69, 9.17) is 23.2 Å². The zero-order chi connectivity index (χ0) is 24.1. The minimum atomic E-state index is -0.540. The molecule has 0 aromatic heterocycles. The molecular formula is C25H23Cl2FN4O2. The second-order valence-corrected chi connectivity index (χ2v) is 8.73. The van der Waals surface area contributed by atoms with Crippen molar-refractivity contribution < 1.29 is 14.0 Å². The second-order valence-electron chi connectivity index (χ2n) is 7.91. The molecular weight excluding hydrogens is 478 g/mol. The van der Waals surface area contributed by atoms with Crippen molar-refractivity contribution in [3.63, 3.8) is 0 Å². The van der Waals surface area contributed by atoms with Crippen LogP contribution in [0, 0.1) is 5.82 Å². The van der Waals surface area contributed by atoms with Crippen LogP contribution in [0.5, 0.6) is 0 Å². The number of rotatable bonds is 6. The van der Waals surface area contributed by atoms with Crippen molar-refractivity contribution in [1.29, 1.82) is 0 Å². The van der Waals surface area contributed by atoms with Gasteiger partial charge in [0.15, 0.2) is 0 Å². The lowest BCUT2D eigenvalue weighted by atomic mass is 10.1. The van der Waals surface area contributed by atoms with E-state index in [1.807, 2.05) is 6.07 Å². The van der Waals surface area contributed by atoms with Gasteiger partial charge in [-0.25, -0.2) is 9.18 Å². The molecule has 0 radical (unpaired) electrons. The summed E-state index contributed by atoms with van der Waals surface area (Å²) in [6.45, 7) is 1.97. The van der Waals surface area contributed by atoms with E-state index in [0.29, 0.717) is 27.0 Å². The molecule has 3 aromatic rings. The van der Waals surface area contributed by atoms with Crippen LogP contribution in [0.2, 0.25) is 10.0 Å². The Morgan fingerprint density at radius 2 is 1.59 bits per heavy atom. The maximum Gasteiger partial charge on any atom is 0.323 e. The van der Waals surface area contributed by atoms with Crippen LogP contribution in [0.25, 0.3) is 0 Å². The summed E-state index contributed by atoms with van der Waals surface area (Å²) >= 11 is 12.2. The van der Waals surface area contributed by atoms with Crippen LogP contribution in [0.15, 0.2) is 60.7 Å². The van der Waals surface area contributed by atoms with Gasteiger partial charge >= 0.3 is 6.03 Å². The van der Waals surface area contributed by atoms with Gasteiger partial charge in [-0.3, -0.25) is 4.79 Å². The Labute approximate surface area is 207 Å². The number of amides is 3. The Kier molecular flexibility index (Phi) is 7.55. The highest BCUT2D eigenvalue weighted by atomic mass is 35.5. The summed E-state index contributed by atoms with van der Waals surface area (Å²) < 4.78 is 13.2. The third kappa shape index (κ3) is 5.79. The van der Waals surface area contributed by atoms with Crippen molar-refractivity contribution in [2.75, 3.05) is 28.6 Å². The predicted molar refractivity (Wildman–Crippen MR) is 135 cm³/mol. The SMILES string of the molecule is O=C(Nc1ccc(N2CCCC2)c(C(=O)NCc2ccc(F)cc2)c1)Nc1c(Cl)cccc1Cl. The average Bonchev–Trinajstić information content (AvgIpc) is 3.36. The van der Waals surface area contributed by atoms with E-state index < -0.39 is 6.03 Å². The number of anilines is 3. The van der Waals surface area contributed by atoms with Crippen molar-refractivity contribution in [1.82, 2.24) is 5.32 Å². The normalized spacial score (nSPS) is 13.0. The highest BCUT2D eigenvalue weighted by molar-refractivity contribution is 6.39. The van der Waals surface area contributed by atoms with E-state index in [9.17, 15) is 14.0 Å². The van der Waals surface area contributed by atoms with Gasteiger partial charge in [-0.15, -0.1) is 0 Å². The number of halogens is 3. The molecule has 1 aliphatic heterocycles. The molecule has 3 N–H and O–H groups in total. The van der Waals surface area contributed by atoms with E-state index >= 15 is 0 Å². The standard InChI is InChI=1S/C25H23Cl2FN4O2/c26-20-4-3-5-21(27)23(20)31-25(34)30-18-10-11-22(32-12-1-2-13-32)19(14-18)24(33)29-15-16-6-8-17(28)9-7-16/h3-11,14H,1-2,12-13,15H2,(H,29,33)(H2,30,31,34). The van der Waals surface area contributed by atoms with Gasteiger partial charge in [0.25, 0.3) is 5.91 Å². The van der Waals surface area contributed by atoms with Gasteiger partial charge in [0, 0.05) is 31.0 Å². The molecule has 4 rings (SSSR count). The molecule has 3 aromatic carbocycles. The molecule has 9 heteroatoms. The van der Waals surface area contributed by atoms with Crippen LogP contribution in [0.3, 0.4) is 0 Å². The van der Waals surface area contributed by atoms with Crippen LogP contribution >= 0.6 is 23.2 Å². The monoisotopic (exact) mass is 500 g/mol. The minimum absolute atomic E-state index is 0.252. The first-order chi connectivity index (χ1) is 16.4. The zero-order valence-electron chi connectivity index (χ0n) is 18.2. The van der Waals surface area contributed by atoms with Crippen molar-refractivity contribution in [3.8, 4) is 0 Å². The summed E-state index contributed by atoms with van der Waals surface area (Å²) in [5.74, 6) is -0.619. The maximum absolute atomic E-state index is 13.2.